The van der Waals surface area contributed by atoms with Gasteiger partial charge in [-0.05, 0) is 25.2 Å². The van der Waals surface area contributed by atoms with Crippen LogP contribution in [0.4, 0.5) is 0 Å². The van der Waals surface area contributed by atoms with Crippen molar-refractivity contribution in [2.24, 2.45) is 22.4 Å². The van der Waals surface area contributed by atoms with Crippen molar-refractivity contribution in [3.63, 3.8) is 0 Å². The number of nitrogens with zero attached hydrogens (tertiary/aromatic N) is 1. The van der Waals surface area contributed by atoms with E-state index in [2.05, 4.69) is 20.9 Å². The van der Waals surface area contributed by atoms with Gasteiger partial charge < -0.3 is 32.5 Å². The number of nitrogens with two attached hydrogens (primary N) is 2. The molecule has 0 aromatic rings. The largest absolute Gasteiger partial charge is 0.480 e. The second-order valence-electron chi connectivity index (χ2n) is 6.88. The number of carboxylic acid groups (broad SMARTS) is 1. The second kappa shape index (κ2) is 11.1. The van der Waals surface area contributed by atoms with E-state index in [1.165, 1.54) is 0 Å². The Morgan fingerprint density at radius 3 is 2.50 bits per heavy atom. The van der Waals surface area contributed by atoms with Crippen molar-refractivity contribution >= 4 is 29.7 Å². The summed E-state index contributed by atoms with van der Waals surface area (Å²) in [6.45, 7) is 3.89. The summed E-state index contributed by atoms with van der Waals surface area (Å²) in [5, 5.41) is 17.0. The van der Waals surface area contributed by atoms with Crippen LogP contribution in [0.5, 0.6) is 0 Å². The van der Waals surface area contributed by atoms with Crippen LogP contribution < -0.4 is 27.4 Å². The van der Waals surface area contributed by atoms with Gasteiger partial charge in [-0.25, -0.2) is 4.79 Å². The summed E-state index contributed by atoms with van der Waals surface area (Å²) in [5.74, 6) is -2.74. The molecule has 4 atom stereocenters. The molecule has 1 heterocycles. The molecule has 1 fully saturated rings. The highest BCUT2D eigenvalue weighted by atomic mass is 16.4. The predicted octanol–water partition coefficient (Wildman–Crippen LogP) is -1.58. The first kappa shape index (κ1) is 23.2. The van der Waals surface area contributed by atoms with Crippen LogP contribution in [0.2, 0.25) is 0 Å². The van der Waals surface area contributed by atoms with Gasteiger partial charge >= 0.3 is 5.97 Å². The van der Waals surface area contributed by atoms with Gasteiger partial charge in [0.05, 0.1) is 0 Å². The Morgan fingerprint density at radius 2 is 2.00 bits per heavy atom. The van der Waals surface area contributed by atoms with Gasteiger partial charge in [0.25, 0.3) is 0 Å². The van der Waals surface area contributed by atoms with E-state index in [-0.39, 0.29) is 37.2 Å². The minimum atomic E-state index is -1.18. The molecule has 11 heteroatoms. The number of hydrogen-bond donors (Lipinski definition) is 6. The third kappa shape index (κ3) is 7.41. The third-order valence-electron chi connectivity index (χ3n) is 4.66. The lowest BCUT2D eigenvalue weighted by Crippen LogP contribution is -2.56. The number of rotatable bonds is 11. The zero-order chi connectivity index (χ0) is 21.3. The highest BCUT2D eigenvalue weighted by molar-refractivity contribution is 5.95. The molecule has 0 aromatic carbocycles. The van der Waals surface area contributed by atoms with Crippen molar-refractivity contribution in [3.8, 4) is 0 Å². The van der Waals surface area contributed by atoms with Crippen LogP contribution in [0.15, 0.2) is 4.99 Å². The molecule has 28 heavy (non-hydrogen) atoms. The smallest absolute Gasteiger partial charge is 0.326 e. The number of carbonyl (C=O) groups excluding carboxylic acids is 3. The van der Waals surface area contributed by atoms with Gasteiger partial charge in [0.1, 0.15) is 18.1 Å². The number of amides is 3. The van der Waals surface area contributed by atoms with Gasteiger partial charge in [-0.15, -0.1) is 0 Å². The first-order chi connectivity index (χ1) is 13.1. The molecule has 0 saturated carbocycles. The molecule has 0 aliphatic carbocycles. The topological polar surface area (TPSA) is 189 Å². The van der Waals surface area contributed by atoms with Crippen LogP contribution in [-0.2, 0) is 19.2 Å². The number of aliphatic carboxylic acids is 1. The number of aliphatic imine (C=N–C) groups is 1. The summed E-state index contributed by atoms with van der Waals surface area (Å²) in [6.07, 6.45) is 1.72. The number of carbonyl (C=O) groups is 4. The maximum Gasteiger partial charge on any atom is 0.326 e. The van der Waals surface area contributed by atoms with Crippen molar-refractivity contribution in [3.05, 3.63) is 0 Å². The van der Waals surface area contributed by atoms with E-state index in [9.17, 15) is 24.3 Å². The van der Waals surface area contributed by atoms with Crippen molar-refractivity contribution in [2.75, 3.05) is 6.54 Å². The lowest BCUT2D eigenvalue weighted by molar-refractivity contribution is -0.142. The summed E-state index contributed by atoms with van der Waals surface area (Å²) in [5.41, 5.74) is 10.4. The molecule has 3 amide bonds. The van der Waals surface area contributed by atoms with Gasteiger partial charge in [0.2, 0.25) is 17.7 Å². The summed E-state index contributed by atoms with van der Waals surface area (Å²) >= 11 is 0. The van der Waals surface area contributed by atoms with Crippen LogP contribution >= 0.6 is 0 Å². The fourth-order valence-corrected chi connectivity index (χ4v) is 2.79. The monoisotopic (exact) mass is 398 g/mol. The molecule has 0 bridgehead atoms. The van der Waals surface area contributed by atoms with Crippen LogP contribution in [-0.4, -0.2) is 59.4 Å². The van der Waals surface area contributed by atoms with Crippen molar-refractivity contribution < 1.29 is 24.3 Å². The molecule has 1 aliphatic heterocycles. The van der Waals surface area contributed by atoms with E-state index in [1.54, 1.807) is 6.92 Å². The molecule has 11 nitrogen and oxygen atoms in total. The van der Waals surface area contributed by atoms with Gasteiger partial charge in [0, 0.05) is 13.0 Å². The molecule has 0 aromatic heterocycles. The van der Waals surface area contributed by atoms with Crippen LogP contribution in [0.25, 0.3) is 0 Å². The zero-order valence-electron chi connectivity index (χ0n) is 16.2. The molecular weight excluding hydrogens is 368 g/mol. The third-order valence-corrected chi connectivity index (χ3v) is 4.66. The SMILES string of the molecule is CCC(C)C(NC(=O)C1CCC(=O)N1)C(=O)NC(CCCN=C(N)N)C(=O)O. The van der Waals surface area contributed by atoms with Gasteiger partial charge in [-0.1, -0.05) is 20.3 Å². The zero-order valence-corrected chi connectivity index (χ0v) is 16.2. The van der Waals surface area contributed by atoms with E-state index in [1.807, 2.05) is 6.92 Å². The average Bonchev–Trinajstić information content (AvgIpc) is 3.07. The number of hydrogen-bond acceptors (Lipinski definition) is 5. The van der Waals surface area contributed by atoms with Gasteiger partial charge in [-0.2, -0.15) is 0 Å². The number of carboxylic acids is 1. The highest BCUT2D eigenvalue weighted by Crippen LogP contribution is 2.12. The fourth-order valence-electron chi connectivity index (χ4n) is 2.79. The van der Waals surface area contributed by atoms with Crippen molar-refractivity contribution in [2.45, 2.75) is 64.1 Å². The van der Waals surface area contributed by atoms with Crippen LogP contribution in [0, 0.1) is 5.92 Å². The van der Waals surface area contributed by atoms with E-state index in [0.717, 1.165) is 0 Å². The first-order valence-electron chi connectivity index (χ1n) is 9.34. The first-order valence-corrected chi connectivity index (χ1v) is 9.34. The summed E-state index contributed by atoms with van der Waals surface area (Å²) in [4.78, 5) is 51.6. The van der Waals surface area contributed by atoms with Gasteiger partial charge in [-0.3, -0.25) is 19.4 Å². The maximum atomic E-state index is 12.7. The summed E-state index contributed by atoms with van der Waals surface area (Å²) < 4.78 is 0. The van der Waals surface area contributed by atoms with E-state index in [4.69, 9.17) is 11.5 Å². The van der Waals surface area contributed by atoms with Crippen molar-refractivity contribution in [1.82, 2.24) is 16.0 Å². The molecule has 0 spiro atoms. The molecule has 1 rings (SSSR count). The lowest BCUT2D eigenvalue weighted by atomic mass is 9.97. The van der Waals surface area contributed by atoms with Crippen molar-refractivity contribution in [1.29, 1.82) is 0 Å². The minimum Gasteiger partial charge on any atom is -0.480 e. The Morgan fingerprint density at radius 1 is 1.32 bits per heavy atom. The minimum absolute atomic E-state index is 0.0885. The van der Waals surface area contributed by atoms with E-state index >= 15 is 0 Å². The number of nitrogens with one attached hydrogen (secondary N) is 3. The van der Waals surface area contributed by atoms with Crippen LogP contribution in [0.3, 0.4) is 0 Å². The Kier molecular flexibility index (Phi) is 9.19. The molecular formula is C17H30N6O5. The molecule has 8 N–H and O–H groups in total. The van der Waals surface area contributed by atoms with Gasteiger partial charge in [0.15, 0.2) is 5.96 Å². The van der Waals surface area contributed by atoms with E-state index in [0.29, 0.717) is 19.3 Å². The second-order valence-corrected chi connectivity index (χ2v) is 6.88. The molecule has 158 valence electrons. The van der Waals surface area contributed by atoms with E-state index < -0.39 is 35.9 Å². The molecule has 1 aliphatic rings. The molecule has 1 saturated heterocycles. The lowest BCUT2D eigenvalue weighted by Gasteiger charge is -2.26. The number of guanidine groups is 1. The Balaban J connectivity index is 2.72. The maximum absolute atomic E-state index is 12.7. The molecule has 0 radical (unpaired) electrons. The summed E-state index contributed by atoms with van der Waals surface area (Å²) in [7, 11) is 0. The average molecular weight is 398 g/mol. The molecule has 4 unspecified atom stereocenters. The standard InChI is InChI=1S/C17H30N6O5/c1-3-9(2)13(23-14(25)10-6-7-12(24)21-10)15(26)22-11(16(27)28)5-4-8-20-17(18)19/h9-11,13H,3-8H2,1-2H3,(H,21,24)(H,22,26)(H,23,25)(H,27,28)(H4,18,19,20). The Labute approximate surface area is 163 Å². The predicted molar refractivity (Wildman–Crippen MR) is 102 cm³/mol. The van der Waals surface area contributed by atoms with Crippen LogP contribution in [0.1, 0.15) is 46.0 Å². The summed E-state index contributed by atoms with van der Waals surface area (Å²) in [6, 6.07) is -2.72. The Hall–Kier alpha value is -2.85. The quantitative estimate of drug-likeness (QED) is 0.137. The normalized spacial score (nSPS) is 19.1. The Bertz CT molecular complexity index is 619. The highest BCUT2D eigenvalue weighted by Gasteiger charge is 2.33. The fraction of sp³-hybridized carbons (Fsp3) is 0.706.